The summed E-state index contributed by atoms with van der Waals surface area (Å²) in [5.74, 6) is 0. The predicted octanol–water partition coefficient (Wildman–Crippen LogP) is 3.71. The fraction of sp³-hybridized carbons (Fsp3) is 0.304. The lowest BCUT2D eigenvalue weighted by molar-refractivity contribution is 0.214. The normalized spacial score (nSPS) is 19.8. The summed E-state index contributed by atoms with van der Waals surface area (Å²) in [4.78, 5) is 24.8. The Kier molecular flexibility index (Phi) is 5.69. The first-order chi connectivity index (χ1) is 13.8. The first-order valence-electron chi connectivity index (χ1n) is 10.0. The second-order valence-electron chi connectivity index (χ2n) is 7.60. The van der Waals surface area contributed by atoms with Gasteiger partial charge in [0.2, 0.25) is 0 Å². The van der Waals surface area contributed by atoms with E-state index in [1.807, 2.05) is 12.1 Å². The molecule has 2 aliphatic rings. The summed E-state index contributed by atoms with van der Waals surface area (Å²) < 4.78 is 0. The molecule has 6 heteroatoms. The number of hydrogen-bond donors (Lipinski definition) is 1. The van der Waals surface area contributed by atoms with E-state index in [4.69, 9.17) is 0 Å². The standard InChI is InChI=1S/C23H24N4O.ClH/c28-23-20-7-4-10-24-22(20)16-21(25-23)17-8-9-19(15-17)27-13-11-26(12-14-27)18-5-2-1-3-6-18;/h1-7,10,15-16,19H,8-9,11-14H2,(H,25,28);1H/t19-;/m1./s1. The van der Waals surface area contributed by atoms with Crippen LogP contribution in [0.3, 0.4) is 0 Å². The van der Waals surface area contributed by atoms with Gasteiger partial charge >= 0.3 is 0 Å². The summed E-state index contributed by atoms with van der Waals surface area (Å²) >= 11 is 0. The van der Waals surface area contributed by atoms with Crippen LogP contribution in [0.1, 0.15) is 18.5 Å². The van der Waals surface area contributed by atoms with E-state index in [0.717, 1.165) is 50.2 Å². The lowest BCUT2D eigenvalue weighted by Crippen LogP contribution is -2.49. The third kappa shape index (κ3) is 3.93. The van der Waals surface area contributed by atoms with Gasteiger partial charge in [0, 0.05) is 49.8 Å². The number of piperazine rings is 1. The number of benzene rings is 1. The van der Waals surface area contributed by atoms with Crippen LogP contribution >= 0.6 is 12.4 Å². The first kappa shape index (κ1) is 19.7. The minimum atomic E-state index is -0.0542. The predicted molar refractivity (Wildman–Crippen MR) is 121 cm³/mol. The highest BCUT2D eigenvalue weighted by Crippen LogP contribution is 2.30. The Morgan fingerprint density at radius 3 is 2.59 bits per heavy atom. The molecule has 0 radical (unpaired) electrons. The number of aromatic nitrogens is 2. The van der Waals surface area contributed by atoms with Crippen LogP contribution in [0.25, 0.3) is 16.5 Å². The SMILES string of the molecule is Cl.O=c1[nH]c(C2=C[C@H](N3CCN(c4ccccc4)CC3)CC2)cc2ncccc12. The van der Waals surface area contributed by atoms with Crippen molar-refractivity contribution in [2.45, 2.75) is 18.9 Å². The van der Waals surface area contributed by atoms with Crippen molar-refractivity contribution in [3.63, 3.8) is 0 Å². The molecule has 1 fully saturated rings. The Morgan fingerprint density at radius 2 is 1.79 bits per heavy atom. The van der Waals surface area contributed by atoms with Gasteiger partial charge < -0.3 is 9.88 Å². The number of pyridine rings is 2. The van der Waals surface area contributed by atoms with Gasteiger partial charge in [-0.05, 0) is 48.7 Å². The second-order valence-corrected chi connectivity index (χ2v) is 7.60. The molecule has 1 aliphatic heterocycles. The second kappa shape index (κ2) is 8.39. The quantitative estimate of drug-likeness (QED) is 0.717. The number of fused-ring (bicyclic) bond motifs is 1. The zero-order chi connectivity index (χ0) is 18.9. The van der Waals surface area contributed by atoms with Gasteiger partial charge in [0.05, 0.1) is 10.9 Å². The largest absolute Gasteiger partial charge is 0.369 e. The van der Waals surface area contributed by atoms with E-state index in [1.54, 1.807) is 12.3 Å². The van der Waals surface area contributed by atoms with Crippen molar-refractivity contribution >= 4 is 34.6 Å². The van der Waals surface area contributed by atoms with Crippen LogP contribution in [0.2, 0.25) is 0 Å². The molecule has 1 atom stereocenters. The average Bonchev–Trinajstić information content (AvgIpc) is 3.25. The van der Waals surface area contributed by atoms with Crippen LogP contribution in [0, 0.1) is 0 Å². The van der Waals surface area contributed by atoms with E-state index in [0.29, 0.717) is 11.4 Å². The summed E-state index contributed by atoms with van der Waals surface area (Å²) in [6, 6.07) is 16.7. The van der Waals surface area contributed by atoms with E-state index >= 15 is 0 Å². The fourth-order valence-electron chi connectivity index (χ4n) is 4.43. The maximum Gasteiger partial charge on any atom is 0.257 e. The van der Waals surface area contributed by atoms with Crippen molar-refractivity contribution in [3.05, 3.63) is 76.9 Å². The van der Waals surface area contributed by atoms with Gasteiger partial charge in [0.1, 0.15) is 0 Å². The highest BCUT2D eigenvalue weighted by atomic mass is 35.5. The number of allylic oxidation sites excluding steroid dienone is 1. The molecule has 0 saturated carbocycles. The van der Waals surface area contributed by atoms with Crippen LogP contribution < -0.4 is 10.5 Å². The molecule has 29 heavy (non-hydrogen) atoms. The Labute approximate surface area is 176 Å². The lowest BCUT2D eigenvalue weighted by atomic mass is 10.1. The van der Waals surface area contributed by atoms with Crippen molar-refractivity contribution in [3.8, 4) is 0 Å². The topological polar surface area (TPSA) is 52.2 Å². The van der Waals surface area contributed by atoms with Gasteiger partial charge in [-0.1, -0.05) is 24.3 Å². The monoisotopic (exact) mass is 408 g/mol. The molecule has 1 N–H and O–H groups in total. The minimum Gasteiger partial charge on any atom is -0.369 e. The zero-order valence-corrected chi connectivity index (χ0v) is 17.1. The van der Waals surface area contributed by atoms with Gasteiger partial charge in [-0.2, -0.15) is 0 Å². The first-order valence-corrected chi connectivity index (χ1v) is 10.0. The number of aromatic amines is 1. The summed E-state index contributed by atoms with van der Waals surface area (Å²) in [6.45, 7) is 4.25. The van der Waals surface area contributed by atoms with Crippen LogP contribution in [-0.2, 0) is 0 Å². The molecule has 5 rings (SSSR count). The molecule has 5 nitrogen and oxygen atoms in total. The number of rotatable bonds is 3. The average molecular weight is 409 g/mol. The molecule has 3 aromatic rings. The summed E-state index contributed by atoms with van der Waals surface area (Å²) in [6.07, 6.45) is 6.20. The Balaban J connectivity index is 0.00000205. The molecule has 0 bridgehead atoms. The van der Waals surface area contributed by atoms with E-state index < -0.39 is 0 Å². The third-order valence-corrected chi connectivity index (χ3v) is 5.97. The molecule has 0 unspecified atom stereocenters. The molecule has 1 aromatic carbocycles. The van der Waals surface area contributed by atoms with E-state index in [2.05, 4.69) is 56.2 Å². The molecular weight excluding hydrogens is 384 g/mol. The number of anilines is 1. The van der Waals surface area contributed by atoms with E-state index in [9.17, 15) is 4.79 Å². The number of nitrogens with zero attached hydrogens (tertiary/aromatic N) is 3. The number of nitrogens with one attached hydrogen (secondary N) is 1. The molecule has 0 amide bonds. The van der Waals surface area contributed by atoms with Crippen molar-refractivity contribution in [1.29, 1.82) is 0 Å². The number of hydrogen-bond acceptors (Lipinski definition) is 4. The number of halogens is 1. The minimum absolute atomic E-state index is 0. The summed E-state index contributed by atoms with van der Waals surface area (Å²) in [7, 11) is 0. The Bertz CT molecular complexity index is 1070. The molecule has 1 saturated heterocycles. The lowest BCUT2D eigenvalue weighted by Gasteiger charge is -2.38. The van der Waals surface area contributed by atoms with Crippen LogP contribution in [-0.4, -0.2) is 47.1 Å². The van der Waals surface area contributed by atoms with Crippen LogP contribution in [0.5, 0.6) is 0 Å². The molecule has 2 aromatic heterocycles. The maximum atomic E-state index is 12.4. The zero-order valence-electron chi connectivity index (χ0n) is 16.3. The van der Waals surface area contributed by atoms with Crippen molar-refractivity contribution in [1.82, 2.24) is 14.9 Å². The molecule has 0 spiro atoms. The summed E-state index contributed by atoms with van der Waals surface area (Å²) in [5, 5.41) is 0.651. The van der Waals surface area contributed by atoms with Crippen molar-refractivity contribution in [2.24, 2.45) is 0 Å². The van der Waals surface area contributed by atoms with Gasteiger partial charge in [-0.15, -0.1) is 12.4 Å². The van der Waals surface area contributed by atoms with E-state index in [-0.39, 0.29) is 18.0 Å². The highest BCUT2D eigenvalue weighted by Gasteiger charge is 2.27. The summed E-state index contributed by atoms with van der Waals surface area (Å²) in [5.41, 5.74) is 4.18. The maximum absolute atomic E-state index is 12.4. The van der Waals surface area contributed by atoms with E-state index in [1.165, 1.54) is 11.3 Å². The molecule has 1 aliphatic carbocycles. The fourth-order valence-corrected chi connectivity index (χ4v) is 4.43. The van der Waals surface area contributed by atoms with Crippen LogP contribution in [0.15, 0.2) is 65.6 Å². The van der Waals surface area contributed by atoms with Gasteiger partial charge in [0.25, 0.3) is 5.56 Å². The third-order valence-electron chi connectivity index (χ3n) is 5.97. The van der Waals surface area contributed by atoms with Crippen molar-refractivity contribution < 1.29 is 0 Å². The van der Waals surface area contributed by atoms with Gasteiger partial charge in [0.15, 0.2) is 0 Å². The Hall–Kier alpha value is -2.63. The van der Waals surface area contributed by atoms with Crippen LogP contribution in [0.4, 0.5) is 5.69 Å². The molecular formula is C23H25ClN4O. The smallest absolute Gasteiger partial charge is 0.257 e. The van der Waals surface area contributed by atoms with Crippen molar-refractivity contribution in [2.75, 3.05) is 31.1 Å². The van der Waals surface area contributed by atoms with Gasteiger partial charge in [-0.3, -0.25) is 14.7 Å². The number of para-hydroxylation sites is 1. The highest BCUT2D eigenvalue weighted by molar-refractivity contribution is 5.85. The van der Waals surface area contributed by atoms with Gasteiger partial charge in [-0.25, -0.2) is 0 Å². The number of H-pyrrole nitrogens is 1. The molecule has 150 valence electrons. The Morgan fingerprint density at radius 1 is 1.00 bits per heavy atom. The molecule has 3 heterocycles.